The summed E-state index contributed by atoms with van der Waals surface area (Å²) in [6.45, 7) is 16.0. The zero-order valence-corrected chi connectivity index (χ0v) is 26.4. The highest BCUT2D eigenvalue weighted by Crippen LogP contribution is 2.70. The van der Waals surface area contributed by atoms with Crippen LogP contribution >= 0.6 is 0 Å². The molecule has 4 fully saturated rings. The Balaban J connectivity index is 1.21. The van der Waals surface area contributed by atoms with E-state index in [1.165, 1.54) is 11.1 Å². The first-order valence-corrected chi connectivity index (χ1v) is 16.4. The van der Waals surface area contributed by atoms with Crippen LogP contribution in [0.3, 0.4) is 0 Å². The van der Waals surface area contributed by atoms with Gasteiger partial charge < -0.3 is 18.9 Å². The molecule has 7 aliphatic rings. The maximum atomic E-state index is 13.4. The van der Waals surface area contributed by atoms with Gasteiger partial charge in [-0.1, -0.05) is 70.5 Å². The fourth-order valence-corrected chi connectivity index (χ4v) is 10.1. The van der Waals surface area contributed by atoms with Gasteiger partial charge >= 0.3 is 0 Å². The van der Waals surface area contributed by atoms with E-state index < -0.39 is 11.6 Å². The van der Waals surface area contributed by atoms with Crippen LogP contribution in [0.5, 0.6) is 0 Å². The smallest absolute Gasteiger partial charge is 0.191 e. The number of carbonyl (C=O) groups excluding carboxylic acids is 1. The minimum Gasteiger partial charge on any atom is -0.349 e. The van der Waals surface area contributed by atoms with E-state index in [-0.39, 0.29) is 21.7 Å². The zero-order chi connectivity index (χ0) is 29.3. The molecule has 6 atom stereocenters. The molecular weight excluding hydrogens is 524 g/mol. The number of ether oxygens (including phenoxy) is 4. The molecule has 42 heavy (non-hydrogen) atoms. The highest BCUT2D eigenvalue weighted by atomic mass is 16.7. The molecule has 1 aromatic rings. The number of fused-ring (bicyclic) bond motifs is 4. The van der Waals surface area contributed by atoms with E-state index in [2.05, 4.69) is 71.9 Å². The van der Waals surface area contributed by atoms with Crippen LogP contribution in [0.2, 0.25) is 0 Å². The Labute approximate surface area is 251 Å². The van der Waals surface area contributed by atoms with Crippen molar-refractivity contribution in [1.82, 2.24) is 0 Å². The van der Waals surface area contributed by atoms with Gasteiger partial charge in [0.25, 0.3) is 0 Å². The van der Waals surface area contributed by atoms with Crippen LogP contribution in [0.15, 0.2) is 42.0 Å². The minimum absolute atomic E-state index is 0.0170. The van der Waals surface area contributed by atoms with Crippen molar-refractivity contribution in [3.63, 3.8) is 0 Å². The van der Waals surface area contributed by atoms with Crippen LogP contribution in [0.25, 0.3) is 0 Å². The average Bonchev–Trinajstić information content (AvgIpc) is 3.26. The number of allylic oxidation sites excluding steroid dienone is 3. The summed E-state index contributed by atoms with van der Waals surface area (Å²) >= 11 is 0. The van der Waals surface area contributed by atoms with Crippen LogP contribution in [-0.2, 0) is 35.9 Å². The van der Waals surface area contributed by atoms with E-state index in [1.807, 2.05) is 6.08 Å². The van der Waals surface area contributed by atoms with Crippen molar-refractivity contribution in [2.24, 2.45) is 39.4 Å². The molecule has 2 unspecified atom stereocenters. The Morgan fingerprint density at radius 2 is 1.52 bits per heavy atom. The summed E-state index contributed by atoms with van der Waals surface area (Å²) in [5.74, 6) is 0.795. The largest absolute Gasteiger partial charge is 0.349 e. The summed E-state index contributed by atoms with van der Waals surface area (Å²) in [6.07, 6.45) is 12.6. The number of carbonyl (C=O) groups is 1. The maximum Gasteiger partial charge on any atom is 0.191 e. The summed E-state index contributed by atoms with van der Waals surface area (Å²) in [5.41, 5.74) is 5.36. The Morgan fingerprint density at radius 1 is 0.833 bits per heavy atom. The van der Waals surface area contributed by atoms with Gasteiger partial charge in [-0.3, -0.25) is 4.79 Å². The molecule has 8 rings (SSSR count). The topological polar surface area (TPSA) is 54.0 Å². The SMILES string of the molecule is CC1(C)COC2(CC[C@@]34Cc5cc(C6(C)OCC(C)(C)CO6)ccc5C5C[C@]6(C)C(=O)C=C[C@H]6[C@H](CC=C3C2)C54)OC1. The molecule has 2 saturated carbocycles. The Morgan fingerprint density at radius 3 is 2.24 bits per heavy atom. The molecule has 0 aromatic heterocycles. The number of hydrogen-bond acceptors (Lipinski definition) is 5. The van der Waals surface area contributed by atoms with Crippen LogP contribution in [0.4, 0.5) is 0 Å². The third-order valence-corrected chi connectivity index (χ3v) is 12.6. The van der Waals surface area contributed by atoms with Gasteiger partial charge in [-0.05, 0) is 78.9 Å². The lowest BCUT2D eigenvalue weighted by Crippen LogP contribution is -2.60. The van der Waals surface area contributed by atoms with Gasteiger partial charge in [-0.2, -0.15) is 0 Å². The highest BCUT2D eigenvalue weighted by molar-refractivity contribution is 5.97. The first-order chi connectivity index (χ1) is 19.8. The van der Waals surface area contributed by atoms with Crippen molar-refractivity contribution in [3.05, 3.63) is 58.7 Å². The normalized spacial score (nSPS) is 41.8. The second-order valence-electron chi connectivity index (χ2n) is 16.9. The lowest BCUT2D eigenvalue weighted by molar-refractivity contribution is -0.311. The summed E-state index contributed by atoms with van der Waals surface area (Å²) in [5, 5.41) is 0. The molecule has 2 saturated heterocycles. The van der Waals surface area contributed by atoms with Gasteiger partial charge in [-0.25, -0.2) is 0 Å². The second kappa shape index (κ2) is 8.68. The Hall–Kier alpha value is -1.79. The summed E-state index contributed by atoms with van der Waals surface area (Å²) in [4.78, 5) is 13.4. The third-order valence-electron chi connectivity index (χ3n) is 12.6. The fourth-order valence-electron chi connectivity index (χ4n) is 10.1. The average molecular weight is 573 g/mol. The fraction of sp³-hybridized carbons (Fsp3) is 0.703. The van der Waals surface area contributed by atoms with Crippen LogP contribution in [0, 0.1) is 39.4 Å². The van der Waals surface area contributed by atoms with Crippen molar-refractivity contribution in [2.45, 2.75) is 97.6 Å². The zero-order valence-electron chi connectivity index (χ0n) is 26.4. The van der Waals surface area contributed by atoms with Gasteiger partial charge in [-0.15, -0.1) is 0 Å². The lowest BCUT2D eigenvalue weighted by atomic mass is 9.40. The Bertz CT molecular complexity index is 1380. The van der Waals surface area contributed by atoms with E-state index in [4.69, 9.17) is 18.9 Å². The number of hydrogen-bond donors (Lipinski definition) is 0. The van der Waals surface area contributed by atoms with E-state index in [1.54, 1.807) is 5.57 Å². The molecule has 2 aliphatic heterocycles. The summed E-state index contributed by atoms with van der Waals surface area (Å²) in [7, 11) is 0. The van der Waals surface area contributed by atoms with E-state index >= 15 is 0 Å². The molecule has 5 nitrogen and oxygen atoms in total. The number of benzene rings is 1. The van der Waals surface area contributed by atoms with Crippen molar-refractivity contribution in [2.75, 3.05) is 26.4 Å². The molecule has 1 aromatic carbocycles. The first kappa shape index (κ1) is 27.7. The quantitative estimate of drug-likeness (QED) is 0.332. The summed E-state index contributed by atoms with van der Waals surface area (Å²) in [6, 6.07) is 7.00. The van der Waals surface area contributed by atoms with Gasteiger partial charge in [0.15, 0.2) is 17.4 Å². The Kier molecular flexibility index (Phi) is 5.73. The first-order valence-electron chi connectivity index (χ1n) is 16.4. The van der Waals surface area contributed by atoms with E-state index in [0.29, 0.717) is 42.7 Å². The van der Waals surface area contributed by atoms with Crippen molar-refractivity contribution in [3.8, 4) is 0 Å². The monoisotopic (exact) mass is 572 g/mol. The molecule has 0 amide bonds. The number of rotatable bonds is 1. The molecule has 2 spiro atoms. The van der Waals surface area contributed by atoms with Gasteiger partial charge in [0.1, 0.15) is 0 Å². The standard InChI is InChI=1S/C37H48O5/c1-32(2)19-39-35(6,40-20-32)24-7-9-26-23(15-24)16-36-13-14-37(41-21-33(3,4)22-42-37)17-25(36)8-10-27-29-11-12-30(38)34(29,5)18-28(26)31(27)36/h7-9,11-12,15,27-29,31H,10,13-14,16-22H2,1-6H3/t27-,28?,29-,31?,34-,36+/m0/s1. The highest BCUT2D eigenvalue weighted by Gasteiger charge is 2.65. The molecule has 0 N–H and O–H groups in total. The van der Waals surface area contributed by atoms with Gasteiger partial charge in [0.05, 0.1) is 26.4 Å². The lowest BCUT2D eigenvalue weighted by Gasteiger charge is -2.64. The van der Waals surface area contributed by atoms with E-state index in [9.17, 15) is 4.79 Å². The third kappa shape index (κ3) is 3.85. The molecule has 226 valence electrons. The van der Waals surface area contributed by atoms with Gasteiger partial charge in [0.2, 0.25) is 0 Å². The summed E-state index contributed by atoms with van der Waals surface area (Å²) < 4.78 is 26.0. The molecule has 5 aliphatic carbocycles. The van der Waals surface area contributed by atoms with E-state index in [0.717, 1.165) is 57.3 Å². The molecule has 0 bridgehead atoms. The molecule has 0 radical (unpaired) electrons. The van der Waals surface area contributed by atoms with Gasteiger partial charge in [0, 0.05) is 34.7 Å². The number of ketones is 1. The minimum atomic E-state index is -0.741. The van der Waals surface area contributed by atoms with Crippen LogP contribution < -0.4 is 0 Å². The van der Waals surface area contributed by atoms with Crippen molar-refractivity contribution < 1.29 is 23.7 Å². The van der Waals surface area contributed by atoms with Crippen LogP contribution in [0.1, 0.15) is 96.3 Å². The molecule has 5 heteroatoms. The van der Waals surface area contributed by atoms with Crippen molar-refractivity contribution >= 4 is 5.78 Å². The second-order valence-corrected chi connectivity index (χ2v) is 16.9. The maximum absolute atomic E-state index is 13.4. The van der Waals surface area contributed by atoms with Crippen molar-refractivity contribution in [1.29, 1.82) is 0 Å². The van der Waals surface area contributed by atoms with Crippen LogP contribution in [-0.4, -0.2) is 38.0 Å². The predicted molar refractivity (Wildman–Crippen MR) is 161 cm³/mol. The molecular formula is C37H48O5. The molecule has 2 heterocycles. The predicted octanol–water partition coefficient (Wildman–Crippen LogP) is 7.24.